The van der Waals surface area contributed by atoms with E-state index in [9.17, 15) is 18.0 Å². The number of piperazine rings is 1. The van der Waals surface area contributed by atoms with Crippen LogP contribution in [-0.2, 0) is 10.0 Å². The summed E-state index contributed by atoms with van der Waals surface area (Å²) in [6, 6.07) is 4.82. The van der Waals surface area contributed by atoms with E-state index in [1.807, 2.05) is 6.92 Å². The Morgan fingerprint density at radius 3 is 2.38 bits per heavy atom. The fraction of sp³-hybridized carbons (Fsp3) is 0.680. The highest BCUT2D eigenvalue weighted by Gasteiger charge is 2.59. The number of hydrogen-bond acceptors (Lipinski definition) is 4. The highest BCUT2D eigenvalue weighted by molar-refractivity contribution is 7.89. The minimum atomic E-state index is -3.79. The van der Waals surface area contributed by atoms with Crippen LogP contribution in [0.2, 0.25) is 0 Å². The molecule has 9 heteroatoms. The lowest BCUT2D eigenvalue weighted by Gasteiger charge is -2.43. The summed E-state index contributed by atoms with van der Waals surface area (Å²) in [5.41, 5.74) is 1.08. The molecule has 2 aliphatic carbocycles. The maximum atomic E-state index is 13.5. The number of carbonyl (C=O) groups excluding carboxylic acids is 2. The molecule has 1 saturated heterocycles. The number of hydrogen-bond donors (Lipinski definition) is 2. The van der Waals surface area contributed by atoms with Crippen molar-refractivity contribution in [2.75, 3.05) is 32.7 Å². The number of nitrogens with zero attached hydrogens (tertiary/aromatic N) is 2. The monoisotopic (exact) mass is 490 g/mol. The van der Waals surface area contributed by atoms with Gasteiger partial charge in [0.1, 0.15) is 0 Å². The Morgan fingerprint density at radius 1 is 1.12 bits per heavy atom. The predicted molar refractivity (Wildman–Crippen MR) is 131 cm³/mol. The third kappa shape index (κ3) is 4.21. The summed E-state index contributed by atoms with van der Waals surface area (Å²) in [5.74, 6) is 0.388. The molecule has 2 saturated carbocycles. The summed E-state index contributed by atoms with van der Waals surface area (Å²) >= 11 is 0. The number of benzene rings is 1. The Hall–Kier alpha value is -2.13. The lowest BCUT2D eigenvalue weighted by molar-refractivity contribution is 0.0737. The first-order valence-corrected chi connectivity index (χ1v) is 13.8. The second-order valence-corrected chi connectivity index (χ2v) is 12.9. The van der Waals surface area contributed by atoms with E-state index in [0.29, 0.717) is 36.7 Å². The van der Waals surface area contributed by atoms with Crippen LogP contribution in [0.5, 0.6) is 0 Å². The first-order chi connectivity index (χ1) is 15.9. The predicted octanol–water partition coefficient (Wildman–Crippen LogP) is 2.98. The molecule has 3 fully saturated rings. The number of rotatable bonds is 5. The Balaban J connectivity index is 1.51. The van der Waals surface area contributed by atoms with Gasteiger partial charge in [0.15, 0.2) is 0 Å². The number of nitrogens with one attached hydrogen (secondary N) is 2. The molecule has 34 heavy (non-hydrogen) atoms. The molecule has 3 aliphatic rings. The van der Waals surface area contributed by atoms with Gasteiger partial charge in [-0.05, 0) is 67.6 Å². The van der Waals surface area contributed by atoms with E-state index < -0.39 is 10.0 Å². The van der Waals surface area contributed by atoms with Crippen LogP contribution in [0.4, 0.5) is 4.79 Å². The fourth-order valence-corrected chi connectivity index (χ4v) is 8.10. The zero-order chi connectivity index (χ0) is 24.9. The first kappa shape index (κ1) is 25.0. The van der Waals surface area contributed by atoms with Gasteiger partial charge in [-0.2, -0.15) is 4.31 Å². The summed E-state index contributed by atoms with van der Waals surface area (Å²) in [6.45, 7) is 12.0. The molecule has 0 radical (unpaired) electrons. The number of carbonyl (C=O) groups is 2. The van der Waals surface area contributed by atoms with Crippen molar-refractivity contribution in [1.29, 1.82) is 0 Å². The lowest BCUT2D eigenvalue weighted by Crippen LogP contribution is -2.53. The molecule has 0 spiro atoms. The molecule has 4 rings (SSSR count). The van der Waals surface area contributed by atoms with Gasteiger partial charge in [0, 0.05) is 44.3 Å². The number of aryl methyl sites for hydroxylation is 1. The molecule has 1 aromatic rings. The second kappa shape index (κ2) is 8.82. The SMILES string of the molecule is CCNC(=O)N1CCN(S(=O)(=O)c2cc(C(=O)NC3C(C)(C)[C@H]4CC[C@@]3(C)C4)ccc2C)CC1. The quantitative estimate of drug-likeness (QED) is 0.663. The molecule has 1 unspecified atom stereocenters. The van der Waals surface area contributed by atoms with Crippen molar-refractivity contribution < 1.29 is 18.0 Å². The van der Waals surface area contributed by atoms with Crippen LogP contribution < -0.4 is 10.6 Å². The standard InChI is InChI=1S/C25H38N4O4S/c1-6-26-23(31)28-11-13-29(14-12-28)34(32,33)20-15-18(8-7-17(20)2)21(30)27-22-24(3,4)19-9-10-25(22,5)16-19/h7-8,15,19,22H,6,9-14,16H2,1-5H3,(H,26,31)(H,27,30)/t19-,22?,25-/m0/s1. The molecule has 3 amide bonds. The number of fused-ring (bicyclic) bond motifs is 2. The van der Waals surface area contributed by atoms with Crippen LogP contribution in [0.15, 0.2) is 23.1 Å². The molecule has 0 aromatic heterocycles. The van der Waals surface area contributed by atoms with Gasteiger partial charge in [-0.15, -0.1) is 0 Å². The summed E-state index contributed by atoms with van der Waals surface area (Å²) in [7, 11) is -3.79. The summed E-state index contributed by atoms with van der Waals surface area (Å²) in [5, 5.41) is 6.02. The van der Waals surface area contributed by atoms with E-state index in [2.05, 4.69) is 31.4 Å². The van der Waals surface area contributed by atoms with Crippen molar-refractivity contribution in [3.8, 4) is 0 Å². The highest BCUT2D eigenvalue weighted by atomic mass is 32.2. The molecule has 1 aliphatic heterocycles. The molecule has 2 N–H and O–H groups in total. The number of sulfonamides is 1. The van der Waals surface area contributed by atoms with Gasteiger partial charge in [0.05, 0.1) is 4.90 Å². The maximum absolute atomic E-state index is 13.5. The topological polar surface area (TPSA) is 98.8 Å². The largest absolute Gasteiger partial charge is 0.348 e. The van der Waals surface area contributed by atoms with Gasteiger partial charge in [-0.3, -0.25) is 4.79 Å². The Labute approximate surface area is 203 Å². The van der Waals surface area contributed by atoms with E-state index in [1.165, 1.54) is 16.8 Å². The van der Waals surface area contributed by atoms with E-state index in [0.717, 1.165) is 12.8 Å². The minimum absolute atomic E-state index is 0.0198. The van der Waals surface area contributed by atoms with Crippen molar-refractivity contribution in [3.05, 3.63) is 29.3 Å². The maximum Gasteiger partial charge on any atom is 0.317 e. The summed E-state index contributed by atoms with van der Waals surface area (Å²) in [6.07, 6.45) is 3.44. The fourth-order valence-electron chi connectivity index (χ4n) is 6.43. The van der Waals surface area contributed by atoms with Crippen molar-refractivity contribution in [3.63, 3.8) is 0 Å². The van der Waals surface area contributed by atoms with Crippen LogP contribution >= 0.6 is 0 Å². The average Bonchev–Trinajstić information content (AvgIpc) is 3.28. The zero-order valence-electron chi connectivity index (χ0n) is 21.0. The van der Waals surface area contributed by atoms with E-state index >= 15 is 0 Å². The summed E-state index contributed by atoms with van der Waals surface area (Å²) in [4.78, 5) is 27.1. The van der Waals surface area contributed by atoms with E-state index in [1.54, 1.807) is 24.0 Å². The molecular formula is C25H38N4O4S. The highest BCUT2D eigenvalue weighted by Crippen LogP contribution is 2.62. The molecule has 1 heterocycles. The lowest BCUT2D eigenvalue weighted by atomic mass is 9.68. The Bertz CT molecular complexity index is 1070. The molecular weight excluding hydrogens is 452 g/mol. The van der Waals surface area contributed by atoms with Crippen LogP contribution in [0.25, 0.3) is 0 Å². The molecule has 2 bridgehead atoms. The van der Waals surface area contributed by atoms with Crippen molar-refractivity contribution in [2.24, 2.45) is 16.7 Å². The van der Waals surface area contributed by atoms with Crippen LogP contribution in [0.3, 0.4) is 0 Å². The molecule has 3 atom stereocenters. The van der Waals surface area contributed by atoms with Gasteiger partial charge >= 0.3 is 6.03 Å². The third-order valence-electron chi connectivity index (χ3n) is 8.47. The van der Waals surface area contributed by atoms with Crippen LogP contribution in [0, 0.1) is 23.7 Å². The molecule has 188 valence electrons. The van der Waals surface area contributed by atoms with E-state index in [4.69, 9.17) is 0 Å². The first-order valence-electron chi connectivity index (χ1n) is 12.3. The van der Waals surface area contributed by atoms with Gasteiger partial charge in [0.2, 0.25) is 10.0 Å². The van der Waals surface area contributed by atoms with Crippen LogP contribution in [0.1, 0.15) is 62.9 Å². The smallest absolute Gasteiger partial charge is 0.317 e. The minimum Gasteiger partial charge on any atom is -0.348 e. The van der Waals surface area contributed by atoms with Crippen molar-refractivity contribution >= 4 is 22.0 Å². The number of amides is 3. The third-order valence-corrected chi connectivity index (χ3v) is 10.5. The number of urea groups is 1. The molecule has 1 aromatic carbocycles. The van der Waals surface area contributed by atoms with Crippen LogP contribution in [-0.4, -0.2) is 68.3 Å². The Morgan fingerprint density at radius 2 is 1.79 bits per heavy atom. The zero-order valence-corrected chi connectivity index (χ0v) is 21.8. The normalized spacial score (nSPS) is 28.7. The van der Waals surface area contributed by atoms with Gasteiger partial charge in [0.25, 0.3) is 5.91 Å². The second-order valence-electron chi connectivity index (χ2n) is 11.0. The van der Waals surface area contributed by atoms with Gasteiger partial charge in [-0.1, -0.05) is 26.8 Å². The van der Waals surface area contributed by atoms with Gasteiger partial charge in [-0.25, -0.2) is 13.2 Å². The van der Waals surface area contributed by atoms with E-state index in [-0.39, 0.29) is 46.8 Å². The Kier molecular flexibility index (Phi) is 6.48. The van der Waals surface area contributed by atoms with Gasteiger partial charge < -0.3 is 15.5 Å². The summed E-state index contributed by atoms with van der Waals surface area (Å²) < 4.78 is 28.3. The van der Waals surface area contributed by atoms with Crippen molar-refractivity contribution in [1.82, 2.24) is 19.8 Å². The molecule has 8 nitrogen and oxygen atoms in total. The van der Waals surface area contributed by atoms with Crippen molar-refractivity contribution in [2.45, 2.75) is 64.8 Å². The average molecular weight is 491 g/mol.